The standard InChI is InChI=1S/C49H86O6/c1-4-7-10-13-15-17-19-21-22-23-24-25-26-28-29-31-33-36-39-42-48(51)54-45-46(44-53-47(50)41-38-35-12-9-6-3)55-49(52)43-40-37-34-32-30-27-20-18-16-14-11-8-5-2/h8,11,16,18,21-22,27,30,46H,4-7,9-10,12-15,17,19-20,23-26,28-29,31-45H2,1-3H3/b11-8-,18-16-,22-21-,30-27-. The zero-order chi connectivity index (χ0) is 40.1. The van der Waals surface area contributed by atoms with Gasteiger partial charge in [-0.15, -0.1) is 0 Å². The molecule has 0 aliphatic carbocycles. The van der Waals surface area contributed by atoms with Gasteiger partial charge in [0.25, 0.3) is 0 Å². The predicted octanol–water partition coefficient (Wildman–Crippen LogP) is 14.8. The lowest BCUT2D eigenvalue weighted by atomic mass is 10.1. The van der Waals surface area contributed by atoms with Crippen LogP contribution in [-0.2, 0) is 28.6 Å². The first-order valence-corrected chi connectivity index (χ1v) is 23.1. The number of esters is 3. The summed E-state index contributed by atoms with van der Waals surface area (Å²) in [7, 11) is 0. The smallest absolute Gasteiger partial charge is 0.306 e. The van der Waals surface area contributed by atoms with Gasteiger partial charge in [-0.3, -0.25) is 14.4 Å². The molecule has 0 saturated carbocycles. The number of carbonyl (C=O) groups excluding carboxylic acids is 3. The maximum Gasteiger partial charge on any atom is 0.306 e. The van der Waals surface area contributed by atoms with Crippen molar-refractivity contribution < 1.29 is 28.6 Å². The summed E-state index contributed by atoms with van der Waals surface area (Å²) in [6.45, 7) is 6.40. The van der Waals surface area contributed by atoms with Crippen molar-refractivity contribution >= 4 is 17.9 Å². The summed E-state index contributed by atoms with van der Waals surface area (Å²) in [6, 6.07) is 0. The van der Waals surface area contributed by atoms with Crippen LogP contribution in [0.1, 0.15) is 226 Å². The van der Waals surface area contributed by atoms with Crippen LogP contribution in [0.15, 0.2) is 48.6 Å². The second-order valence-electron chi connectivity index (χ2n) is 15.3. The minimum absolute atomic E-state index is 0.0859. The lowest BCUT2D eigenvalue weighted by molar-refractivity contribution is -0.167. The summed E-state index contributed by atoms with van der Waals surface area (Å²) in [5, 5.41) is 0. The highest BCUT2D eigenvalue weighted by atomic mass is 16.6. The van der Waals surface area contributed by atoms with Crippen molar-refractivity contribution in [3.63, 3.8) is 0 Å². The van der Waals surface area contributed by atoms with Gasteiger partial charge in [0.05, 0.1) is 0 Å². The van der Waals surface area contributed by atoms with Crippen LogP contribution in [0.3, 0.4) is 0 Å². The molecule has 0 heterocycles. The van der Waals surface area contributed by atoms with Gasteiger partial charge >= 0.3 is 17.9 Å². The van der Waals surface area contributed by atoms with Crippen molar-refractivity contribution in [2.45, 2.75) is 232 Å². The Bertz CT molecular complexity index is 980. The molecule has 1 unspecified atom stereocenters. The van der Waals surface area contributed by atoms with Gasteiger partial charge in [0.15, 0.2) is 6.10 Å². The van der Waals surface area contributed by atoms with Gasteiger partial charge in [-0.1, -0.05) is 179 Å². The molecule has 0 spiro atoms. The second kappa shape index (κ2) is 44.1. The average molecular weight is 771 g/mol. The number of ether oxygens (including phenoxy) is 3. The van der Waals surface area contributed by atoms with E-state index in [4.69, 9.17) is 14.2 Å². The molecule has 0 radical (unpaired) electrons. The molecule has 6 nitrogen and oxygen atoms in total. The maximum atomic E-state index is 12.6. The van der Waals surface area contributed by atoms with Gasteiger partial charge in [0.1, 0.15) is 13.2 Å². The summed E-state index contributed by atoms with van der Waals surface area (Å²) in [5.74, 6) is -0.932. The Labute approximate surface area is 339 Å². The van der Waals surface area contributed by atoms with Gasteiger partial charge in [-0.25, -0.2) is 0 Å². The minimum atomic E-state index is -0.782. The third-order valence-corrected chi connectivity index (χ3v) is 9.82. The van der Waals surface area contributed by atoms with E-state index in [9.17, 15) is 14.4 Å². The van der Waals surface area contributed by atoms with Crippen molar-refractivity contribution in [2.24, 2.45) is 0 Å². The highest BCUT2D eigenvalue weighted by Gasteiger charge is 2.19. The first-order chi connectivity index (χ1) is 27.0. The number of hydrogen-bond donors (Lipinski definition) is 0. The third-order valence-electron chi connectivity index (χ3n) is 9.82. The molecule has 0 amide bonds. The molecular weight excluding hydrogens is 685 g/mol. The van der Waals surface area contributed by atoms with E-state index >= 15 is 0 Å². The Morgan fingerprint density at radius 2 is 0.709 bits per heavy atom. The van der Waals surface area contributed by atoms with Crippen LogP contribution in [0.2, 0.25) is 0 Å². The van der Waals surface area contributed by atoms with Crippen molar-refractivity contribution in [1.29, 1.82) is 0 Å². The van der Waals surface area contributed by atoms with E-state index in [1.54, 1.807) is 0 Å². The van der Waals surface area contributed by atoms with Crippen LogP contribution in [-0.4, -0.2) is 37.2 Å². The zero-order valence-corrected chi connectivity index (χ0v) is 36.2. The fraction of sp³-hybridized carbons (Fsp3) is 0.776. The van der Waals surface area contributed by atoms with Gasteiger partial charge in [-0.05, 0) is 77.0 Å². The molecular formula is C49H86O6. The molecule has 6 heteroatoms. The Hall–Kier alpha value is -2.63. The number of unbranched alkanes of at least 4 members (excludes halogenated alkanes) is 22. The van der Waals surface area contributed by atoms with Crippen LogP contribution in [0.5, 0.6) is 0 Å². The van der Waals surface area contributed by atoms with Gasteiger partial charge in [0, 0.05) is 19.3 Å². The normalized spacial score (nSPS) is 12.4. The van der Waals surface area contributed by atoms with Crippen LogP contribution < -0.4 is 0 Å². The average Bonchev–Trinajstić information content (AvgIpc) is 3.18. The van der Waals surface area contributed by atoms with Crippen molar-refractivity contribution in [1.82, 2.24) is 0 Å². The summed E-state index contributed by atoms with van der Waals surface area (Å²) in [5.41, 5.74) is 0. The zero-order valence-electron chi connectivity index (χ0n) is 36.2. The highest BCUT2D eigenvalue weighted by Crippen LogP contribution is 2.14. The Kier molecular flexibility index (Phi) is 42.0. The summed E-state index contributed by atoms with van der Waals surface area (Å²) < 4.78 is 16.6. The molecule has 0 fully saturated rings. The second-order valence-corrected chi connectivity index (χ2v) is 15.3. The largest absolute Gasteiger partial charge is 0.462 e. The summed E-state index contributed by atoms with van der Waals surface area (Å²) in [6.07, 6.45) is 51.3. The Morgan fingerprint density at radius 1 is 0.382 bits per heavy atom. The quantitative estimate of drug-likeness (QED) is 0.0267. The summed E-state index contributed by atoms with van der Waals surface area (Å²) >= 11 is 0. The fourth-order valence-electron chi connectivity index (χ4n) is 6.33. The SMILES string of the molecule is CC/C=C\C/C=C\C/C=C\CCCCCC(=O)OC(COC(=O)CCCCCCC)COC(=O)CCCCCCCCCCC/C=C\CCCCCCCC. The van der Waals surface area contributed by atoms with E-state index in [0.717, 1.165) is 89.9 Å². The van der Waals surface area contributed by atoms with Crippen LogP contribution in [0, 0.1) is 0 Å². The molecule has 0 bridgehead atoms. The molecule has 0 aromatic rings. The topological polar surface area (TPSA) is 78.9 Å². The van der Waals surface area contributed by atoms with E-state index in [1.165, 1.54) is 96.3 Å². The molecule has 0 rings (SSSR count). The molecule has 0 aromatic heterocycles. The van der Waals surface area contributed by atoms with Crippen molar-refractivity contribution in [3.8, 4) is 0 Å². The first-order valence-electron chi connectivity index (χ1n) is 23.1. The number of hydrogen-bond acceptors (Lipinski definition) is 6. The fourth-order valence-corrected chi connectivity index (χ4v) is 6.33. The molecule has 0 aliphatic rings. The number of allylic oxidation sites excluding steroid dienone is 8. The molecule has 0 aliphatic heterocycles. The van der Waals surface area contributed by atoms with E-state index < -0.39 is 6.10 Å². The van der Waals surface area contributed by atoms with Gasteiger partial charge in [-0.2, -0.15) is 0 Å². The monoisotopic (exact) mass is 771 g/mol. The van der Waals surface area contributed by atoms with Crippen LogP contribution >= 0.6 is 0 Å². The predicted molar refractivity (Wildman–Crippen MR) is 233 cm³/mol. The number of rotatable bonds is 41. The van der Waals surface area contributed by atoms with Gasteiger partial charge < -0.3 is 14.2 Å². The van der Waals surface area contributed by atoms with Crippen molar-refractivity contribution in [3.05, 3.63) is 48.6 Å². The Balaban J connectivity index is 4.20. The van der Waals surface area contributed by atoms with E-state index in [0.29, 0.717) is 19.3 Å². The molecule has 1 atom stereocenters. The van der Waals surface area contributed by atoms with E-state index in [1.807, 2.05) is 0 Å². The van der Waals surface area contributed by atoms with E-state index in [-0.39, 0.29) is 31.1 Å². The van der Waals surface area contributed by atoms with Crippen LogP contribution in [0.4, 0.5) is 0 Å². The summed E-state index contributed by atoms with van der Waals surface area (Å²) in [4.78, 5) is 37.5. The molecule has 318 valence electrons. The Morgan fingerprint density at radius 3 is 1.15 bits per heavy atom. The molecule has 0 N–H and O–H groups in total. The third kappa shape index (κ3) is 42.4. The molecule has 0 saturated heterocycles. The molecule has 55 heavy (non-hydrogen) atoms. The van der Waals surface area contributed by atoms with Crippen molar-refractivity contribution in [2.75, 3.05) is 13.2 Å². The lowest BCUT2D eigenvalue weighted by Gasteiger charge is -2.18. The van der Waals surface area contributed by atoms with Gasteiger partial charge in [0.2, 0.25) is 0 Å². The van der Waals surface area contributed by atoms with Crippen LogP contribution in [0.25, 0.3) is 0 Å². The maximum absolute atomic E-state index is 12.6. The first kappa shape index (κ1) is 52.4. The number of carbonyl (C=O) groups is 3. The lowest BCUT2D eigenvalue weighted by Crippen LogP contribution is -2.30. The minimum Gasteiger partial charge on any atom is -0.462 e. The highest BCUT2D eigenvalue weighted by molar-refractivity contribution is 5.71. The molecule has 0 aromatic carbocycles. The van der Waals surface area contributed by atoms with E-state index in [2.05, 4.69) is 69.4 Å².